The van der Waals surface area contributed by atoms with Gasteiger partial charge in [0.15, 0.2) is 0 Å². The monoisotopic (exact) mass is 629 g/mol. The molecule has 0 aliphatic heterocycles. The number of anilines is 1. The summed E-state index contributed by atoms with van der Waals surface area (Å²) < 4.78 is 26.6. The van der Waals surface area contributed by atoms with E-state index < -0.39 is 16.1 Å². The summed E-state index contributed by atoms with van der Waals surface area (Å²) >= 11 is 19.0. The summed E-state index contributed by atoms with van der Waals surface area (Å²) in [5.41, 5.74) is 1.79. The van der Waals surface area contributed by atoms with Crippen molar-refractivity contribution in [2.45, 2.75) is 83.8 Å². The molecule has 0 bridgehead atoms. The Morgan fingerprint density at radius 1 is 1.05 bits per heavy atom. The Labute approximate surface area is 253 Å². The maximum atomic E-state index is 13.7. The zero-order valence-electron chi connectivity index (χ0n) is 23.3. The van der Waals surface area contributed by atoms with Gasteiger partial charge in [-0.2, -0.15) is 0 Å². The highest BCUT2D eigenvalue weighted by molar-refractivity contribution is 7.92. The smallest absolute Gasteiger partial charge is 0.243 e. The second-order valence-electron chi connectivity index (χ2n) is 10.4. The van der Waals surface area contributed by atoms with Crippen molar-refractivity contribution in [1.29, 1.82) is 0 Å². The Hall–Kier alpha value is -2.00. The average Bonchev–Trinajstić information content (AvgIpc) is 2.89. The molecule has 2 aromatic carbocycles. The topological polar surface area (TPSA) is 86.8 Å². The van der Waals surface area contributed by atoms with E-state index in [2.05, 4.69) is 5.32 Å². The third-order valence-corrected chi connectivity index (χ3v) is 9.44. The van der Waals surface area contributed by atoms with Gasteiger partial charge < -0.3 is 10.2 Å². The molecule has 0 radical (unpaired) electrons. The summed E-state index contributed by atoms with van der Waals surface area (Å²) in [4.78, 5) is 28.7. The van der Waals surface area contributed by atoms with E-state index in [1.54, 1.807) is 43.3 Å². The highest BCUT2D eigenvalue weighted by atomic mass is 35.5. The van der Waals surface area contributed by atoms with E-state index >= 15 is 0 Å². The van der Waals surface area contributed by atoms with Gasteiger partial charge in [0.25, 0.3) is 0 Å². The fraction of sp³-hybridized carbons (Fsp3) is 0.517. The van der Waals surface area contributed by atoms with E-state index in [0.717, 1.165) is 37.5 Å². The predicted octanol–water partition coefficient (Wildman–Crippen LogP) is 6.76. The molecule has 0 saturated heterocycles. The molecule has 11 heteroatoms. The van der Waals surface area contributed by atoms with Crippen molar-refractivity contribution in [3.63, 3.8) is 0 Å². The Bertz CT molecular complexity index is 1280. The third kappa shape index (κ3) is 8.75. The van der Waals surface area contributed by atoms with Gasteiger partial charge in [0.2, 0.25) is 21.8 Å². The number of carbonyl (C=O) groups is 2. The van der Waals surface area contributed by atoms with E-state index in [4.69, 9.17) is 34.8 Å². The second kappa shape index (κ2) is 14.8. The number of nitrogens with zero attached hydrogens (tertiary/aromatic N) is 2. The minimum Gasteiger partial charge on any atom is -0.352 e. The number of aryl methyl sites for hydroxylation is 1. The maximum absolute atomic E-state index is 13.7. The van der Waals surface area contributed by atoms with Crippen LogP contribution in [-0.4, -0.2) is 50.0 Å². The lowest BCUT2D eigenvalue weighted by Gasteiger charge is -2.33. The molecule has 1 atom stereocenters. The number of nitrogens with one attached hydrogen (secondary N) is 1. The first kappa shape index (κ1) is 32.5. The molecule has 3 rings (SSSR count). The number of halogens is 3. The summed E-state index contributed by atoms with van der Waals surface area (Å²) in [6, 6.07) is 9.57. The Kier molecular flexibility index (Phi) is 12.0. The number of carbonyl (C=O) groups excluding carboxylic acids is 2. The van der Waals surface area contributed by atoms with Crippen molar-refractivity contribution in [2.75, 3.05) is 17.1 Å². The Balaban J connectivity index is 1.82. The van der Waals surface area contributed by atoms with Gasteiger partial charge in [-0.3, -0.25) is 13.9 Å². The molecular formula is C29H38Cl3N3O4S. The first-order valence-corrected chi connectivity index (χ1v) is 16.7. The van der Waals surface area contributed by atoms with Crippen LogP contribution in [0.15, 0.2) is 36.4 Å². The lowest BCUT2D eigenvalue weighted by Crippen LogP contribution is -2.51. The number of amides is 2. The Morgan fingerprint density at radius 3 is 2.30 bits per heavy atom. The predicted molar refractivity (Wildman–Crippen MR) is 164 cm³/mol. The number of rotatable bonds is 12. The molecule has 0 unspecified atom stereocenters. The standard InChI is InChI=1S/C29H38Cl3N3O4S/c1-4-26(29(37)33-22-10-6-5-7-11-22)34(19-23-24(31)12-8-13-25(23)32)28(36)14-9-17-35(40(3,38)39)27-18-21(30)16-15-20(27)2/h8,12-13,15-16,18,22,26H,4-7,9-11,14,17,19H2,1-3H3,(H,33,37)/t26-/m0/s1. The van der Waals surface area contributed by atoms with E-state index in [1.807, 2.05) is 6.92 Å². The van der Waals surface area contributed by atoms with Crippen LogP contribution in [0.1, 0.15) is 69.4 Å². The van der Waals surface area contributed by atoms with Gasteiger partial charge in [-0.1, -0.05) is 73.1 Å². The lowest BCUT2D eigenvalue weighted by atomic mass is 9.95. The Morgan fingerprint density at radius 2 is 1.70 bits per heavy atom. The van der Waals surface area contributed by atoms with E-state index in [0.29, 0.717) is 32.7 Å². The van der Waals surface area contributed by atoms with Gasteiger partial charge in [-0.15, -0.1) is 0 Å². The second-order valence-corrected chi connectivity index (χ2v) is 13.5. The quantitative estimate of drug-likeness (QED) is 0.281. The minimum atomic E-state index is -3.64. The lowest BCUT2D eigenvalue weighted by molar-refractivity contribution is -0.141. The zero-order valence-corrected chi connectivity index (χ0v) is 26.3. The summed E-state index contributed by atoms with van der Waals surface area (Å²) in [6.07, 6.45) is 6.97. The largest absolute Gasteiger partial charge is 0.352 e. The summed E-state index contributed by atoms with van der Waals surface area (Å²) in [7, 11) is -3.64. The molecule has 2 aromatic rings. The van der Waals surface area contributed by atoms with Crippen molar-refractivity contribution in [2.24, 2.45) is 0 Å². The highest BCUT2D eigenvalue weighted by Gasteiger charge is 2.31. The molecule has 1 saturated carbocycles. The SMILES string of the molecule is CC[C@@H](C(=O)NC1CCCCC1)N(Cc1c(Cl)cccc1Cl)C(=O)CCCN(c1cc(Cl)ccc1C)S(C)(=O)=O. The molecule has 220 valence electrons. The van der Waals surface area contributed by atoms with Crippen LogP contribution in [0, 0.1) is 6.92 Å². The molecule has 0 heterocycles. The fourth-order valence-corrected chi connectivity index (χ4v) is 6.85. The van der Waals surface area contributed by atoms with E-state index in [-0.39, 0.29) is 43.8 Å². The van der Waals surface area contributed by atoms with E-state index in [1.165, 1.54) is 15.6 Å². The first-order chi connectivity index (χ1) is 18.9. The molecule has 1 aliphatic carbocycles. The molecule has 7 nitrogen and oxygen atoms in total. The van der Waals surface area contributed by atoms with Crippen molar-refractivity contribution in [3.8, 4) is 0 Å². The van der Waals surface area contributed by atoms with Gasteiger partial charge in [0.1, 0.15) is 6.04 Å². The van der Waals surface area contributed by atoms with Crippen LogP contribution in [0.2, 0.25) is 15.1 Å². The van der Waals surface area contributed by atoms with Crippen LogP contribution in [0.5, 0.6) is 0 Å². The number of hydrogen-bond acceptors (Lipinski definition) is 4. The van der Waals surface area contributed by atoms with Crippen molar-refractivity contribution in [1.82, 2.24) is 10.2 Å². The van der Waals surface area contributed by atoms with Gasteiger partial charge >= 0.3 is 0 Å². The van der Waals surface area contributed by atoms with Gasteiger partial charge in [-0.05, 0) is 62.4 Å². The molecular weight excluding hydrogens is 593 g/mol. The molecule has 1 N–H and O–H groups in total. The molecule has 0 spiro atoms. The van der Waals surface area contributed by atoms with Crippen molar-refractivity contribution in [3.05, 3.63) is 62.6 Å². The molecule has 2 amide bonds. The average molecular weight is 631 g/mol. The molecule has 1 fully saturated rings. The number of benzene rings is 2. The van der Waals surface area contributed by atoms with Crippen LogP contribution in [0.4, 0.5) is 5.69 Å². The summed E-state index contributed by atoms with van der Waals surface area (Å²) in [6.45, 7) is 3.82. The number of hydrogen-bond donors (Lipinski definition) is 1. The normalized spacial score (nSPS) is 14.9. The van der Waals surface area contributed by atoms with Gasteiger partial charge in [0, 0.05) is 46.2 Å². The maximum Gasteiger partial charge on any atom is 0.243 e. The van der Waals surface area contributed by atoms with Crippen LogP contribution in [0.25, 0.3) is 0 Å². The summed E-state index contributed by atoms with van der Waals surface area (Å²) in [5.74, 6) is -0.476. The van der Waals surface area contributed by atoms with Crippen LogP contribution >= 0.6 is 34.8 Å². The molecule has 40 heavy (non-hydrogen) atoms. The number of sulfonamides is 1. The van der Waals surface area contributed by atoms with E-state index in [9.17, 15) is 18.0 Å². The van der Waals surface area contributed by atoms with Crippen LogP contribution < -0.4 is 9.62 Å². The van der Waals surface area contributed by atoms with Gasteiger partial charge in [0.05, 0.1) is 11.9 Å². The first-order valence-electron chi connectivity index (χ1n) is 13.7. The molecule has 0 aromatic heterocycles. The zero-order chi connectivity index (χ0) is 29.4. The van der Waals surface area contributed by atoms with Gasteiger partial charge in [-0.25, -0.2) is 8.42 Å². The van der Waals surface area contributed by atoms with Crippen molar-refractivity contribution >= 4 is 62.3 Å². The highest BCUT2D eigenvalue weighted by Crippen LogP contribution is 2.29. The summed E-state index contributed by atoms with van der Waals surface area (Å²) in [5, 5.41) is 4.39. The molecule has 1 aliphatic rings. The third-order valence-electron chi connectivity index (χ3n) is 7.32. The van der Waals surface area contributed by atoms with Crippen molar-refractivity contribution < 1.29 is 18.0 Å². The van der Waals surface area contributed by atoms with Crippen LogP contribution in [0.3, 0.4) is 0 Å². The van der Waals surface area contributed by atoms with Crippen LogP contribution in [-0.2, 0) is 26.2 Å². The minimum absolute atomic E-state index is 0.0287. The fourth-order valence-electron chi connectivity index (χ4n) is 5.15.